The molecule has 0 amide bonds. The molecule has 4 nitrogen and oxygen atoms in total. The fourth-order valence-electron chi connectivity index (χ4n) is 3.95. The van der Waals surface area contributed by atoms with E-state index >= 15 is 0 Å². The highest BCUT2D eigenvalue weighted by Gasteiger charge is 2.90. The van der Waals surface area contributed by atoms with Crippen LogP contribution in [0, 0.1) is 22.7 Å². The SMILES string of the molecule is CC1C2CC(=O)C3(CS(=O)(=O)O)C[C@]123. The Balaban J connectivity index is 1.97. The van der Waals surface area contributed by atoms with Gasteiger partial charge in [-0.3, -0.25) is 9.35 Å². The minimum Gasteiger partial charge on any atom is -0.299 e. The van der Waals surface area contributed by atoms with Crippen LogP contribution in [0.1, 0.15) is 19.8 Å². The normalized spacial score (nSPS) is 54.0. The fourth-order valence-corrected chi connectivity index (χ4v) is 5.11. The van der Waals surface area contributed by atoms with Gasteiger partial charge in [-0.25, -0.2) is 0 Å². The van der Waals surface area contributed by atoms with Crippen molar-refractivity contribution in [3.05, 3.63) is 0 Å². The van der Waals surface area contributed by atoms with Crippen LogP contribution >= 0.6 is 0 Å². The molecule has 5 heteroatoms. The number of carbonyl (C=O) groups is 1. The van der Waals surface area contributed by atoms with Crippen LogP contribution in [0.4, 0.5) is 0 Å². The number of ketones is 1. The Bertz CT molecular complexity index is 440. The summed E-state index contributed by atoms with van der Waals surface area (Å²) in [6.07, 6.45) is 1.21. The maximum Gasteiger partial charge on any atom is 0.265 e. The first-order valence-corrected chi connectivity index (χ1v) is 6.43. The molecule has 1 spiro atoms. The van der Waals surface area contributed by atoms with Gasteiger partial charge in [0.15, 0.2) is 0 Å². The Morgan fingerprint density at radius 1 is 1.57 bits per heavy atom. The standard InChI is InChI=1S/C9H12O4S/c1-5-6-2-7(10)8(3-9(5,6)8)4-14(11,12)13/h5-6H,2-4H2,1H3,(H,11,12,13)/t5?,6?,8?,9-/m0/s1. The molecule has 3 saturated carbocycles. The third-order valence-corrected chi connectivity index (χ3v) is 5.55. The number of hydrogen-bond donors (Lipinski definition) is 1. The summed E-state index contributed by atoms with van der Waals surface area (Å²) in [5.74, 6) is 0.580. The summed E-state index contributed by atoms with van der Waals surface area (Å²) < 4.78 is 30.5. The van der Waals surface area contributed by atoms with Crippen LogP contribution < -0.4 is 0 Å². The van der Waals surface area contributed by atoms with Crippen molar-refractivity contribution in [2.24, 2.45) is 22.7 Å². The Hall–Kier alpha value is -0.420. The topological polar surface area (TPSA) is 71.4 Å². The Labute approximate surface area is 82.4 Å². The highest BCUT2D eigenvalue weighted by molar-refractivity contribution is 7.85. The van der Waals surface area contributed by atoms with E-state index in [9.17, 15) is 13.2 Å². The molecule has 3 unspecified atom stereocenters. The predicted molar refractivity (Wildman–Crippen MR) is 48.2 cm³/mol. The van der Waals surface area contributed by atoms with Gasteiger partial charge in [0.2, 0.25) is 0 Å². The van der Waals surface area contributed by atoms with Gasteiger partial charge >= 0.3 is 0 Å². The maximum atomic E-state index is 11.6. The molecule has 0 saturated heterocycles. The second kappa shape index (κ2) is 1.93. The molecular formula is C9H12O4S. The highest BCUT2D eigenvalue weighted by Crippen LogP contribution is 2.90. The molecule has 0 bridgehead atoms. The summed E-state index contributed by atoms with van der Waals surface area (Å²) in [4.78, 5) is 11.6. The van der Waals surface area contributed by atoms with E-state index in [-0.39, 0.29) is 17.0 Å². The monoisotopic (exact) mass is 216 g/mol. The van der Waals surface area contributed by atoms with Crippen LogP contribution in [-0.4, -0.2) is 24.5 Å². The lowest BCUT2D eigenvalue weighted by Crippen LogP contribution is -2.25. The van der Waals surface area contributed by atoms with Crippen molar-refractivity contribution in [2.45, 2.75) is 19.8 Å². The molecule has 78 valence electrons. The second-order valence-electron chi connectivity index (χ2n) is 5.05. The average molecular weight is 216 g/mol. The Morgan fingerprint density at radius 2 is 2.21 bits per heavy atom. The third-order valence-electron chi connectivity index (χ3n) is 4.70. The molecule has 3 rings (SSSR count). The summed E-state index contributed by atoms with van der Waals surface area (Å²) in [5.41, 5.74) is -0.718. The van der Waals surface area contributed by atoms with Gasteiger partial charge in [-0.05, 0) is 23.7 Å². The van der Waals surface area contributed by atoms with Crippen LogP contribution in [-0.2, 0) is 14.9 Å². The quantitative estimate of drug-likeness (QED) is 0.682. The van der Waals surface area contributed by atoms with Crippen molar-refractivity contribution in [3.8, 4) is 0 Å². The molecule has 1 N–H and O–H groups in total. The zero-order valence-electron chi connectivity index (χ0n) is 7.86. The minimum atomic E-state index is -4.01. The molecule has 3 aliphatic rings. The van der Waals surface area contributed by atoms with Gasteiger partial charge in [-0.15, -0.1) is 0 Å². The zero-order valence-corrected chi connectivity index (χ0v) is 8.67. The van der Waals surface area contributed by atoms with Gasteiger partial charge in [0.25, 0.3) is 10.1 Å². The smallest absolute Gasteiger partial charge is 0.265 e. The molecule has 3 aliphatic carbocycles. The van der Waals surface area contributed by atoms with E-state index in [1.165, 1.54) is 0 Å². The largest absolute Gasteiger partial charge is 0.299 e. The van der Waals surface area contributed by atoms with Crippen LogP contribution in [0.5, 0.6) is 0 Å². The Morgan fingerprint density at radius 3 is 2.64 bits per heavy atom. The fraction of sp³-hybridized carbons (Fsp3) is 0.889. The molecule has 0 radical (unpaired) electrons. The van der Waals surface area contributed by atoms with Crippen LogP contribution in [0.25, 0.3) is 0 Å². The van der Waals surface area contributed by atoms with E-state index in [0.717, 1.165) is 0 Å². The molecule has 0 aromatic rings. The van der Waals surface area contributed by atoms with E-state index in [1.807, 2.05) is 0 Å². The van der Waals surface area contributed by atoms with Crippen molar-refractivity contribution < 1.29 is 17.8 Å². The molecule has 14 heavy (non-hydrogen) atoms. The second-order valence-corrected chi connectivity index (χ2v) is 6.50. The Kier molecular flexibility index (Phi) is 1.22. The number of Topliss-reactive ketones (excluding diaryl/α,β-unsaturated/α-hetero) is 1. The van der Waals surface area contributed by atoms with E-state index in [0.29, 0.717) is 24.7 Å². The van der Waals surface area contributed by atoms with Gasteiger partial charge in [0.1, 0.15) is 5.78 Å². The van der Waals surface area contributed by atoms with Gasteiger partial charge in [0.05, 0.1) is 11.2 Å². The molecule has 0 aromatic heterocycles. The number of rotatable bonds is 2. The molecule has 0 heterocycles. The van der Waals surface area contributed by atoms with Crippen molar-refractivity contribution >= 4 is 15.9 Å². The lowest BCUT2D eigenvalue weighted by Gasteiger charge is -2.10. The van der Waals surface area contributed by atoms with E-state index in [1.54, 1.807) is 0 Å². The summed E-state index contributed by atoms with van der Waals surface area (Å²) in [7, 11) is -4.01. The van der Waals surface area contributed by atoms with Gasteiger partial charge in [0, 0.05) is 6.42 Å². The zero-order chi connectivity index (χ0) is 10.4. The first-order chi connectivity index (χ1) is 6.33. The highest BCUT2D eigenvalue weighted by atomic mass is 32.2. The van der Waals surface area contributed by atoms with Crippen molar-refractivity contribution in [1.29, 1.82) is 0 Å². The van der Waals surface area contributed by atoms with E-state index in [2.05, 4.69) is 6.92 Å². The minimum absolute atomic E-state index is 0.0279. The lowest BCUT2D eigenvalue weighted by atomic mass is 9.99. The number of carbonyl (C=O) groups excluding carboxylic acids is 1. The molecule has 4 atom stereocenters. The molecule has 0 aliphatic heterocycles. The van der Waals surface area contributed by atoms with Crippen LogP contribution in [0.15, 0.2) is 0 Å². The predicted octanol–water partition coefficient (Wildman–Crippen LogP) is 0.489. The van der Waals surface area contributed by atoms with E-state index in [4.69, 9.17) is 4.55 Å². The van der Waals surface area contributed by atoms with Gasteiger partial charge < -0.3 is 0 Å². The average Bonchev–Trinajstić information content (AvgIpc) is 2.76. The summed E-state index contributed by atoms with van der Waals surface area (Å²) in [6, 6.07) is 0. The van der Waals surface area contributed by atoms with Crippen molar-refractivity contribution in [2.75, 3.05) is 5.75 Å². The number of hydrogen-bond acceptors (Lipinski definition) is 3. The summed E-state index contributed by atoms with van der Waals surface area (Å²) in [6.45, 7) is 2.07. The van der Waals surface area contributed by atoms with Gasteiger partial charge in [-0.2, -0.15) is 8.42 Å². The third kappa shape index (κ3) is 0.715. The van der Waals surface area contributed by atoms with Crippen LogP contribution in [0.2, 0.25) is 0 Å². The van der Waals surface area contributed by atoms with Gasteiger partial charge in [-0.1, -0.05) is 6.92 Å². The van der Waals surface area contributed by atoms with E-state index < -0.39 is 15.5 Å². The summed E-state index contributed by atoms with van der Waals surface area (Å²) in [5, 5.41) is 0. The molecular weight excluding hydrogens is 204 g/mol. The van der Waals surface area contributed by atoms with Crippen LogP contribution in [0.3, 0.4) is 0 Å². The first kappa shape index (κ1) is 8.85. The molecule has 0 aromatic carbocycles. The molecule has 3 fully saturated rings. The maximum absolute atomic E-state index is 11.6. The summed E-state index contributed by atoms with van der Waals surface area (Å²) >= 11 is 0. The van der Waals surface area contributed by atoms with Crippen molar-refractivity contribution in [1.82, 2.24) is 0 Å². The van der Waals surface area contributed by atoms with Crippen molar-refractivity contribution in [3.63, 3.8) is 0 Å². The lowest BCUT2D eigenvalue weighted by molar-refractivity contribution is -0.123. The first-order valence-electron chi connectivity index (χ1n) is 4.82.